The van der Waals surface area contributed by atoms with Gasteiger partial charge in [0.25, 0.3) is 5.91 Å². The summed E-state index contributed by atoms with van der Waals surface area (Å²) in [5.74, 6) is -0.189. The van der Waals surface area contributed by atoms with Crippen molar-refractivity contribution < 1.29 is 23.2 Å². The highest BCUT2D eigenvalue weighted by Gasteiger charge is 2.30. The molecule has 1 heterocycles. The summed E-state index contributed by atoms with van der Waals surface area (Å²) in [5.41, 5.74) is 3.95. The van der Waals surface area contributed by atoms with Gasteiger partial charge >= 0.3 is 6.18 Å². The molecule has 1 amide bonds. The van der Waals surface area contributed by atoms with E-state index in [1.54, 1.807) is 35.6 Å². The lowest BCUT2D eigenvalue weighted by atomic mass is 9.97. The molecule has 0 aliphatic heterocycles. The first kappa shape index (κ1) is 22.0. The van der Waals surface area contributed by atoms with Crippen molar-refractivity contribution in [2.24, 2.45) is 0 Å². The van der Waals surface area contributed by atoms with E-state index in [9.17, 15) is 23.2 Å². The Kier molecular flexibility index (Phi) is 7.25. The average molecular weight is 432 g/mol. The number of nitrogens with one attached hydrogen (secondary N) is 1. The summed E-state index contributed by atoms with van der Waals surface area (Å²) in [6.45, 7) is 0.534. The van der Waals surface area contributed by atoms with Crippen molar-refractivity contribution in [2.75, 3.05) is 6.54 Å². The number of hydrogen-bond acceptors (Lipinski definition) is 2. The quantitative estimate of drug-likeness (QED) is 0.502. The zero-order valence-corrected chi connectivity index (χ0v) is 16.7. The van der Waals surface area contributed by atoms with Gasteiger partial charge in [-0.3, -0.25) is 4.79 Å². The predicted molar refractivity (Wildman–Crippen MR) is 108 cm³/mol. The van der Waals surface area contributed by atoms with E-state index in [-0.39, 0.29) is 12.3 Å². The molecule has 3 rings (SSSR count). The van der Waals surface area contributed by atoms with E-state index >= 15 is 0 Å². The SMILES string of the molecule is [O][N]C(Cc1ccc(C(=O)NCCc2cccs2)cc1)c1ccc(C(F)(F)F)cc1. The van der Waals surface area contributed by atoms with E-state index in [0.29, 0.717) is 17.7 Å². The van der Waals surface area contributed by atoms with Crippen LogP contribution in [0, 0.1) is 0 Å². The van der Waals surface area contributed by atoms with Gasteiger partial charge in [0.1, 0.15) is 0 Å². The molecule has 4 nitrogen and oxygen atoms in total. The summed E-state index contributed by atoms with van der Waals surface area (Å²) >= 11 is 1.64. The molecule has 1 N–H and O–H groups in total. The maximum atomic E-state index is 12.7. The second-order valence-corrected chi connectivity index (χ2v) is 7.76. The van der Waals surface area contributed by atoms with Gasteiger partial charge in [-0.05, 0) is 59.7 Å². The lowest BCUT2D eigenvalue weighted by Crippen LogP contribution is -2.25. The van der Waals surface area contributed by atoms with Gasteiger partial charge in [0.05, 0.1) is 11.6 Å². The minimum absolute atomic E-state index is 0.189. The van der Waals surface area contributed by atoms with E-state index in [1.165, 1.54) is 17.0 Å². The molecule has 30 heavy (non-hydrogen) atoms. The summed E-state index contributed by atoms with van der Waals surface area (Å²) in [7, 11) is 0. The van der Waals surface area contributed by atoms with Crippen molar-refractivity contribution >= 4 is 17.2 Å². The first-order chi connectivity index (χ1) is 14.4. The summed E-state index contributed by atoms with van der Waals surface area (Å²) in [4.78, 5) is 13.4. The van der Waals surface area contributed by atoms with Gasteiger partial charge in [0, 0.05) is 17.0 Å². The fraction of sp³-hybridized carbons (Fsp3) is 0.227. The van der Waals surface area contributed by atoms with Crippen LogP contribution in [-0.2, 0) is 24.2 Å². The molecule has 0 saturated heterocycles. The number of carbonyl (C=O) groups excluding carboxylic acids is 1. The van der Waals surface area contributed by atoms with Crippen LogP contribution >= 0.6 is 11.3 Å². The minimum atomic E-state index is -4.43. The van der Waals surface area contributed by atoms with Crippen LogP contribution in [-0.4, -0.2) is 12.5 Å². The van der Waals surface area contributed by atoms with Crippen molar-refractivity contribution in [1.29, 1.82) is 0 Å². The van der Waals surface area contributed by atoms with E-state index in [1.807, 2.05) is 17.5 Å². The Balaban J connectivity index is 1.57. The lowest BCUT2D eigenvalue weighted by Gasteiger charge is -2.14. The molecule has 1 atom stereocenters. The largest absolute Gasteiger partial charge is 0.416 e. The molecule has 2 radical (unpaired) electrons. The maximum Gasteiger partial charge on any atom is 0.416 e. The van der Waals surface area contributed by atoms with E-state index in [4.69, 9.17) is 0 Å². The average Bonchev–Trinajstić information content (AvgIpc) is 3.25. The van der Waals surface area contributed by atoms with Crippen LogP contribution in [0.4, 0.5) is 13.2 Å². The smallest absolute Gasteiger partial charge is 0.352 e. The van der Waals surface area contributed by atoms with Crippen LogP contribution < -0.4 is 10.8 Å². The molecule has 1 aromatic heterocycles. The summed E-state index contributed by atoms with van der Waals surface area (Å²) < 4.78 is 38.1. The fourth-order valence-corrected chi connectivity index (χ4v) is 3.69. The van der Waals surface area contributed by atoms with Gasteiger partial charge in [-0.2, -0.15) is 13.2 Å². The Bertz CT molecular complexity index is 940. The molecule has 0 aliphatic carbocycles. The van der Waals surface area contributed by atoms with Crippen molar-refractivity contribution in [3.8, 4) is 0 Å². The van der Waals surface area contributed by atoms with Gasteiger partial charge in [0.15, 0.2) is 0 Å². The van der Waals surface area contributed by atoms with Crippen molar-refractivity contribution in [3.63, 3.8) is 0 Å². The third kappa shape index (κ3) is 5.91. The van der Waals surface area contributed by atoms with Gasteiger partial charge < -0.3 is 5.32 Å². The summed E-state index contributed by atoms with van der Waals surface area (Å²) in [5, 5.41) is 16.1. The maximum absolute atomic E-state index is 12.7. The Morgan fingerprint density at radius 2 is 1.73 bits per heavy atom. The van der Waals surface area contributed by atoms with Crippen molar-refractivity contribution in [1.82, 2.24) is 10.8 Å². The van der Waals surface area contributed by atoms with E-state index in [2.05, 4.69) is 10.8 Å². The van der Waals surface area contributed by atoms with Crippen LogP contribution in [0.1, 0.15) is 38.0 Å². The minimum Gasteiger partial charge on any atom is -0.352 e. The number of thiophene rings is 1. The zero-order chi connectivity index (χ0) is 21.6. The molecule has 0 fully saturated rings. The van der Waals surface area contributed by atoms with Crippen LogP contribution in [0.2, 0.25) is 0 Å². The first-order valence-electron chi connectivity index (χ1n) is 9.26. The summed E-state index contributed by atoms with van der Waals surface area (Å²) in [6.07, 6.45) is -3.43. The Morgan fingerprint density at radius 1 is 1.03 bits per heavy atom. The van der Waals surface area contributed by atoms with Gasteiger partial charge in [-0.1, -0.05) is 35.8 Å². The number of halogens is 3. The zero-order valence-electron chi connectivity index (χ0n) is 15.9. The molecule has 0 bridgehead atoms. The lowest BCUT2D eigenvalue weighted by molar-refractivity contribution is -0.137. The number of rotatable bonds is 8. The van der Waals surface area contributed by atoms with E-state index < -0.39 is 17.8 Å². The highest BCUT2D eigenvalue weighted by atomic mass is 32.1. The van der Waals surface area contributed by atoms with Crippen LogP contribution in [0.3, 0.4) is 0 Å². The molecule has 0 spiro atoms. The number of hydrogen-bond donors (Lipinski definition) is 1. The standard InChI is InChI=1S/C22H19F3N2O2S/c23-22(24,25)18-9-7-16(8-10-18)20(27-29)14-15-3-5-17(6-4-15)21(28)26-12-11-19-2-1-13-30-19/h1-10,13,20H,11-12,14H2,(H,26,28). The number of carbonyl (C=O) groups is 1. The van der Waals surface area contributed by atoms with Gasteiger partial charge in [0.2, 0.25) is 0 Å². The molecule has 8 heteroatoms. The third-order valence-electron chi connectivity index (χ3n) is 4.63. The highest BCUT2D eigenvalue weighted by molar-refractivity contribution is 7.09. The molecule has 1 unspecified atom stereocenters. The van der Waals surface area contributed by atoms with Gasteiger partial charge in [-0.25, -0.2) is 0 Å². The monoisotopic (exact) mass is 432 g/mol. The molecule has 0 aliphatic rings. The van der Waals surface area contributed by atoms with Crippen LogP contribution in [0.15, 0.2) is 66.0 Å². The third-order valence-corrected chi connectivity index (χ3v) is 5.57. The Morgan fingerprint density at radius 3 is 2.30 bits per heavy atom. The molecular weight excluding hydrogens is 413 g/mol. The molecule has 3 aromatic rings. The summed E-state index contributed by atoms with van der Waals surface area (Å²) in [6, 6.07) is 14.3. The van der Waals surface area contributed by atoms with Gasteiger partial charge in [-0.15, -0.1) is 16.5 Å². The number of alkyl halides is 3. The number of hydroxylamine groups is 1. The van der Waals surface area contributed by atoms with Crippen molar-refractivity contribution in [3.05, 3.63) is 93.2 Å². The first-order valence-corrected chi connectivity index (χ1v) is 10.1. The Labute approximate surface area is 176 Å². The number of amides is 1. The second-order valence-electron chi connectivity index (χ2n) is 6.73. The van der Waals surface area contributed by atoms with Crippen LogP contribution in [0.5, 0.6) is 0 Å². The fourth-order valence-electron chi connectivity index (χ4n) is 2.98. The second kappa shape index (κ2) is 9.88. The Hall–Kier alpha value is -2.68. The number of benzene rings is 2. The molecular formula is C22H19F3N2O2S. The molecule has 2 aromatic carbocycles. The molecule has 156 valence electrons. The van der Waals surface area contributed by atoms with E-state index in [0.717, 1.165) is 24.1 Å². The molecule has 0 saturated carbocycles. The highest BCUT2D eigenvalue weighted by Crippen LogP contribution is 2.30. The van der Waals surface area contributed by atoms with Crippen molar-refractivity contribution in [2.45, 2.75) is 25.1 Å². The number of nitrogens with zero attached hydrogens (tertiary/aromatic N) is 1. The van der Waals surface area contributed by atoms with Crippen LogP contribution in [0.25, 0.3) is 0 Å². The topological polar surface area (TPSA) is 63.1 Å². The normalized spacial score (nSPS) is 12.5. The predicted octanol–water partition coefficient (Wildman–Crippen LogP) is 4.97.